The summed E-state index contributed by atoms with van der Waals surface area (Å²) in [4.78, 5) is 11.3. The Balaban J connectivity index is 2.55. The highest BCUT2D eigenvalue weighted by Crippen LogP contribution is 1.98. The highest BCUT2D eigenvalue weighted by Gasteiger charge is 1.99. The SMILES string of the molecule is COc1ccc(=O)n(CCOCCO)n1. The molecule has 0 bridgehead atoms. The number of methoxy groups -OCH3 is 1. The molecule has 1 aromatic heterocycles. The van der Waals surface area contributed by atoms with E-state index in [0.29, 0.717) is 19.0 Å². The molecule has 0 saturated heterocycles. The van der Waals surface area contributed by atoms with E-state index in [1.165, 1.54) is 23.9 Å². The van der Waals surface area contributed by atoms with Crippen LogP contribution in [0.25, 0.3) is 0 Å². The number of ether oxygens (including phenoxy) is 2. The molecule has 1 aromatic rings. The summed E-state index contributed by atoms with van der Waals surface area (Å²) in [5.41, 5.74) is -0.205. The monoisotopic (exact) mass is 214 g/mol. The molecule has 0 aliphatic rings. The van der Waals surface area contributed by atoms with Gasteiger partial charge in [-0.2, -0.15) is 0 Å². The normalized spacial score (nSPS) is 10.3. The van der Waals surface area contributed by atoms with E-state index < -0.39 is 0 Å². The fourth-order valence-electron chi connectivity index (χ4n) is 1.02. The molecule has 0 aliphatic heterocycles. The predicted octanol–water partition coefficient (Wildman–Crippen LogP) is -0.739. The number of nitrogens with zero attached hydrogens (tertiary/aromatic N) is 2. The summed E-state index contributed by atoms with van der Waals surface area (Å²) >= 11 is 0. The van der Waals surface area contributed by atoms with Crippen LogP contribution in [0.2, 0.25) is 0 Å². The average Bonchev–Trinajstić information content (AvgIpc) is 2.26. The van der Waals surface area contributed by atoms with Gasteiger partial charge in [-0.25, -0.2) is 4.68 Å². The van der Waals surface area contributed by atoms with Crippen LogP contribution < -0.4 is 10.3 Å². The predicted molar refractivity (Wildman–Crippen MR) is 53.0 cm³/mol. The van der Waals surface area contributed by atoms with Crippen molar-refractivity contribution >= 4 is 0 Å². The smallest absolute Gasteiger partial charge is 0.267 e. The van der Waals surface area contributed by atoms with E-state index in [2.05, 4.69) is 5.10 Å². The van der Waals surface area contributed by atoms with Gasteiger partial charge in [0.15, 0.2) is 0 Å². The fourth-order valence-corrected chi connectivity index (χ4v) is 1.02. The lowest BCUT2D eigenvalue weighted by molar-refractivity contribution is 0.0843. The molecule has 0 fully saturated rings. The minimum atomic E-state index is -0.205. The average molecular weight is 214 g/mol. The van der Waals surface area contributed by atoms with Crippen LogP contribution in [0.15, 0.2) is 16.9 Å². The van der Waals surface area contributed by atoms with Crippen LogP contribution in [0, 0.1) is 0 Å². The second-order valence-corrected chi connectivity index (χ2v) is 2.77. The zero-order chi connectivity index (χ0) is 11.1. The first-order valence-corrected chi connectivity index (χ1v) is 4.58. The topological polar surface area (TPSA) is 73.6 Å². The molecule has 0 spiro atoms. The van der Waals surface area contributed by atoms with Gasteiger partial charge in [0.05, 0.1) is 33.5 Å². The fraction of sp³-hybridized carbons (Fsp3) is 0.556. The Bertz CT molecular complexity index is 350. The molecule has 84 valence electrons. The van der Waals surface area contributed by atoms with Crippen LogP contribution in [0.1, 0.15) is 0 Å². The third kappa shape index (κ3) is 3.69. The van der Waals surface area contributed by atoms with Gasteiger partial charge in [0.1, 0.15) is 0 Å². The Hall–Kier alpha value is -1.40. The molecular weight excluding hydrogens is 200 g/mol. The lowest BCUT2D eigenvalue weighted by atomic mass is 10.5. The molecule has 0 aliphatic carbocycles. The van der Waals surface area contributed by atoms with Crippen molar-refractivity contribution in [2.45, 2.75) is 6.54 Å². The molecular formula is C9H14N2O4. The van der Waals surface area contributed by atoms with Crippen LogP contribution in [0.5, 0.6) is 5.88 Å². The minimum absolute atomic E-state index is 0.0273. The molecule has 0 saturated carbocycles. The second kappa shape index (κ2) is 6.15. The van der Waals surface area contributed by atoms with Crippen molar-refractivity contribution in [3.8, 4) is 5.88 Å². The van der Waals surface area contributed by atoms with Crippen molar-refractivity contribution in [1.82, 2.24) is 9.78 Å². The zero-order valence-electron chi connectivity index (χ0n) is 8.55. The maximum Gasteiger partial charge on any atom is 0.267 e. The van der Waals surface area contributed by atoms with E-state index in [0.717, 1.165) is 0 Å². The summed E-state index contributed by atoms with van der Waals surface area (Å²) in [5, 5.41) is 12.4. The first kappa shape index (κ1) is 11.7. The van der Waals surface area contributed by atoms with Crippen molar-refractivity contribution in [3.05, 3.63) is 22.5 Å². The van der Waals surface area contributed by atoms with Crippen LogP contribution in [-0.2, 0) is 11.3 Å². The molecule has 1 N–H and O–H groups in total. The Kier molecular flexibility index (Phi) is 4.79. The molecule has 1 rings (SSSR count). The van der Waals surface area contributed by atoms with Crippen LogP contribution in [-0.4, -0.2) is 41.8 Å². The lowest BCUT2D eigenvalue weighted by Crippen LogP contribution is -2.24. The summed E-state index contributed by atoms with van der Waals surface area (Å²) < 4.78 is 11.2. The van der Waals surface area contributed by atoms with Gasteiger partial charge >= 0.3 is 0 Å². The molecule has 15 heavy (non-hydrogen) atoms. The maximum atomic E-state index is 11.3. The van der Waals surface area contributed by atoms with Crippen molar-refractivity contribution in [2.24, 2.45) is 0 Å². The summed E-state index contributed by atoms with van der Waals surface area (Å²) in [6, 6.07) is 2.89. The summed E-state index contributed by atoms with van der Waals surface area (Å²) in [6.45, 7) is 0.913. The highest BCUT2D eigenvalue weighted by molar-refractivity contribution is 5.05. The lowest BCUT2D eigenvalue weighted by Gasteiger charge is -2.06. The number of aliphatic hydroxyl groups is 1. The highest BCUT2D eigenvalue weighted by atomic mass is 16.5. The number of aliphatic hydroxyl groups excluding tert-OH is 1. The third-order valence-corrected chi connectivity index (χ3v) is 1.73. The number of rotatable bonds is 6. The first-order chi connectivity index (χ1) is 7.27. The number of hydrogen-bond donors (Lipinski definition) is 1. The van der Waals surface area contributed by atoms with Crippen LogP contribution in [0.3, 0.4) is 0 Å². The molecule has 0 radical (unpaired) electrons. The summed E-state index contributed by atoms with van der Waals surface area (Å²) in [7, 11) is 1.49. The maximum absolute atomic E-state index is 11.3. The largest absolute Gasteiger partial charge is 0.480 e. The van der Waals surface area contributed by atoms with E-state index in [1.54, 1.807) is 0 Å². The Morgan fingerprint density at radius 2 is 2.27 bits per heavy atom. The van der Waals surface area contributed by atoms with Gasteiger partial charge in [-0.3, -0.25) is 4.79 Å². The molecule has 0 atom stereocenters. The van der Waals surface area contributed by atoms with Gasteiger partial charge in [-0.15, -0.1) is 5.10 Å². The number of hydrogen-bond acceptors (Lipinski definition) is 5. The summed E-state index contributed by atoms with van der Waals surface area (Å²) in [5.74, 6) is 0.386. The van der Waals surface area contributed by atoms with Gasteiger partial charge in [0, 0.05) is 12.1 Å². The number of aromatic nitrogens is 2. The molecule has 6 nitrogen and oxygen atoms in total. The van der Waals surface area contributed by atoms with Crippen molar-refractivity contribution in [1.29, 1.82) is 0 Å². The Morgan fingerprint density at radius 3 is 2.93 bits per heavy atom. The van der Waals surface area contributed by atoms with E-state index in [1.807, 2.05) is 0 Å². The first-order valence-electron chi connectivity index (χ1n) is 4.58. The van der Waals surface area contributed by atoms with Gasteiger partial charge < -0.3 is 14.6 Å². The van der Waals surface area contributed by atoms with E-state index in [4.69, 9.17) is 14.6 Å². The van der Waals surface area contributed by atoms with Gasteiger partial charge in [-0.05, 0) is 0 Å². The molecule has 6 heteroatoms. The van der Waals surface area contributed by atoms with Crippen LogP contribution >= 0.6 is 0 Å². The van der Waals surface area contributed by atoms with E-state index in [9.17, 15) is 4.79 Å². The standard InChI is InChI=1S/C9H14N2O4/c1-14-8-2-3-9(13)11(10-8)4-6-15-7-5-12/h2-3,12H,4-7H2,1H3. The van der Waals surface area contributed by atoms with Crippen molar-refractivity contribution < 1.29 is 14.6 Å². The van der Waals surface area contributed by atoms with E-state index >= 15 is 0 Å². The van der Waals surface area contributed by atoms with Crippen molar-refractivity contribution in [3.63, 3.8) is 0 Å². The molecule has 0 amide bonds. The Morgan fingerprint density at radius 1 is 1.47 bits per heavy atom. The molecule has 0 aromatic carbocycles. The third-order valence-electron chi connectivity index (χ3n) is 1.73. The molecule has 1 heterocycles. The molecule has 0 unspecified atom stereocenters. The minimum Gasteiger partial charge on any atom is -0.480 e. The zero-order valence-corrected chi connectivity index (χ0v) is 8.55. The van der Waals surface area contributed by atoms with Gasteiger partial charge in [-0.1, -0.05) is 0 Å². The Labute approximate surface area is 87.1 Å². The van der Waals surface area contributed by atoms with Crippen LogP contribution in [0.4, 0.5) is 0 Å². The van der Waals surface area contributed by atoms with E-state index in [-0.39, 0.29) is 18.8 Å². The van der Waals surface area contributed by atoms with Gasteiger partial charge in [0.2, 0.25) is 5.88 Å². The second-order valence-electron chi connectivity index (χ2n) is 2.77. The quantitative estimate of drug-likeness (QED) is 0.631. The summed E-state index contributed by atoms with van der Waals surface area (Å²) in [6.07, 6.45) is 0. The van der Waals surface area contributed by atoms with Crippen molar-refractivity contribution in [2.75, 3.05) is 26.9 Å². The van der Waals surface area contributed by atoms with Gasteiger partial charge in [0.25, 0.3) is 5.56 Å².